The molecule has 5 heteroatoms. The summed E-state index contributed by atoms with van der Waals surface area (Å²) in [6.07, 6.45) is 0.171. The topological polar surface area (TPSA) is 59.3 Å². The van der Waals surface area contributed by atoms with Crippen LogP contribution in [0.4, 0.5) is 0 Å². The lowest BCUT2D eigenvalue weighted by atomic mass is 10.2. The number of hydrogen-bond acceptors (Lipinski definition) is 4. The highest BCUT2D eigenvalue weighted by Gasteiger charge is 2.05. The Kier molecular flexibility index (Phi) is 5.31. The fraction of sp³-hybridized carbons (Fsp3) is 0.333. The average molecular weight is 254 g/mol. The van der Waals surface area contributed by atoms with E-state index in [1.54, 1.807) is 19.1 Å². The molecule has 90 valence electrons. The van der Waals surface area contributed by atoms with Crippen LogP contribution < -0.4 is 4.74 Å². The largest absolute Gasteiger partial charge is 0.491 e. The predicted octanol–water partition coefficient (Wildman–Crippen LogP) is 2.54. The fourth-order valence-electron chi connectivity index (χ4n) is 1.16. The molecule has 1 aromatic carbocycles. The van der Waals surface area contributed by atoms with E-state index in [2.05, 4.69) is 0 Å². The van der Waals surface area contributed by atoms with Crippen LogP contribution in [0, 0.1) is 11.3 Å². The van der Waals surface area contributed by atoms with Gasteiger partial charge in [-0.05, 0) is 25.1 Å². The Hall–Kier alpha value is -1.73. The Bertz CT molecular complexity index is 440. The Labute approximate surface area is 105 Å². The van der Waals surface area contributed by atoms with Crippen molar-refractivity contribution in [3.05, 3.63) is 28.8 Å². The van der Waals surface area contributed by atoms with Gasteiger partial charge in [0.25, 0.3) is 0 Å². The molecule has 0 bridgehead atoms. The third-order valence-corrected chi connectivity index (χ3v) is 2.23. The molecular weight excluding hydrogens is 242 g/mol. The van der Waals surface area contributed by atoms with E-state index in [-0.39, 0.29) is 19.0 Å². The van der Waals surface area contributed by atoms with E-state index in [0.717, 1.165) is 0 Å². The van der Waals surface area contributed by atoms with Crippen LogP contribution in [0.3, 0.4) is 0 Å². The lowest BCUT2D eigenvalue weighted by Gasteiger charge is -2.07. The molecule has 0 fully saturated rings. The van der Waals surface area contributed by atoms with Gasteiger partial charge in [-0.25, -0.2) is 0 Å². The van der Waals surface area contributed by atoms with E-state index >= 15 is 0 Å². The van der Waals surface area contributed by atoms with Gasteiger partial charge in [0.05, 0.1) is 36.3 Å². The molecule has 0 aliphatic carbocycles. The van der Waals surface area contributed by atoms with Crippen LogP contribution in [0.5, 0.6) is 5.75 Å². The second kappa shape index (κ2) is 6.77. The number of hydrogen-bond donors (Lipinski definition) is 0. The normalized spacial score (nSPS) is 9.47. The minimum Gasteiger partial charge on any atom is -0.491 e. The number of carbonyl (C=O) groups is 1. The Morgan fingerprint density at radius 1 is 1.53 bits per heavy atom. The molecule has 1 rings (SSSR count). The highest BCUT2D eigenvalue weighted by molar-refractivity contribution is 6.32. The van der Waals surface area contributed by atoms with Gasteiger partial charge in [-0.1, -0.05) is 11.6 Å². The van der Waals surface area contributed by atoms with Crippen molar-refractivity contribution in [1.29, 1.82) is 5.26 Å². The van der Waals surface area contributed by atoms with Crippen molar-refractivity contribution < 1.29 is 14.3 Å². The van der Waals surface area contributed by atoms with Crippen LogP contribution in [0.1, 0.15) is 18.9 Å². The lowest BCUT2D eigenvalue weighted by Crippen LogP contribution is -2.09. The summed E-state index contributed by atoms with van der Waals surface area (Å²) < 4.78 is 10.1. The summed E-state index contributed by atoms with van der Waals surface area (Å²) in [4.78, 5) is 11.0. The van der Waals surface area contributed by atoms with Crippen LogP contribution in [0.2, 0.25) is 5.02 Å². The van der Waals surface area contributed by atoms with Gasteiger partial charge in [-0.3, -0.25) is 4.79 Å². The van der Waals surface area contributed by atoms with Gasteiger partial charge < -0.3 is 9.47 Å². The highest BCUT2D eigenvalue weighted by Crippen LogP contribution is 2.25. The quantitative estimate of drug-likeness (QED) is 0.757. The fourth-order valence-corrected chi connectivity index (χ4v) is 1.40. The highest BCUT2D eigenvalue weighted by atomic mass is 35.5. The molecule has 0 aromatic heterocycles. The molecule has 0 heterocycles. The van der Waals surface area contributed by atoms with Gasteiger partial charge in [0.2, 0.25) is 0 Å². The maximum Gasteiger partial charge on any atom is 0.309 e. The summed E-state index contributed by atoms with van der Waals surface area (Å²) in [6.45, 7) is 2.30. The standard InChI is InChI=1S/C12H12ClNO3/c1-2-16-12(15)5-6-17-11-4-3-9(8-14)7-10(11)13/h3-4,7H,2,5-6H2,1H3. The zero-order chi connectivity index (χ0) is 12.7. The van der Waals surface area contributed by atoms with E-state index in [9.17, 15) is 4.79 Å². The number of esters is 1. The Morgan fingerprint density at radius 3 is 2.88 bits per heavy atom. The van der Waals surface area contributed by atoms with Crippen LogP contribution in [-0.4, -0.2) is 19.2 Å². The second-order valence-corrected chi connectivity index (χ2v) is 3.57. The number of carbonyl (C=O) groups excluding carboxylic acids is 1. The van der Waals surface area contributed by atoms with Gasteiger partial charge in [0.15, 0.2) is 0 Å². The Morgan fingerprint density at radius 2 is 2.29 bits per heavy atom. The van der Waals surface area contributed by atoms with Crippen molar-refractivity contribution in [2.75, 3.05) is 13.2 Å². The average Bonchev–Trinajstić information content (AvgIpc) is 2.31. The van der Waals surface area contributed by atoms with Crippen molar-refractivity contribution in [3.8, 4) is 11.8 Å². The van der Waals surface area contributed by atoms with Gasteiger partial charge in [-0.2, -0.15) is 5.26 Å². The van der Waals surface area contributed by atoms with Crippen molar-refractivity contribution in [2.45, 2.75) is 13.3 Å². The van der Waals surface area contributed by atoms with Gasteiger partial charge in [-0.15, -0.1) is 0 Å². The molecule has 17 heavy (non-hydrogen) atoms. The first-order valence-electron chi connectivity index (χ1n) is 5.15. The van der Waals surface area contributed by atoms with E-state index < -0.39 is 0 Å². The Balaban J connectivity index is 2.47. The molecular formula is C12H12ClNO3. The maximum absolute atomic E-state index is 11.0. The number of ether oxygens (including phenoxy) is 2. The van der Waals surface area contributed by atoms with Gasteiger partial charge in [0.1, 0.15) is 5.75 Å². The van der Waals surface area contributed by atoms with Crippen molar-refractivity contribution in [1.82, 2.24) is 0 Å². The molecule has 0 spiro atoms. The van der Waals surface area contributed by atoms with Crippen molar-refractivity contribution >= 4 is 17.6 Å². The van der Waals surface area contributed by atoms with Gasteiger partial charge in [0, 0.05) is 0 Å². The minimum atomic E-state index is -0.308. The summed E-state index contributed by atoms with van der Waals surface area (Å²) in [5, 5.41) is 9.00. The molecule has 0 saturated heterocycles. The molecule has 0 aliphatic rings. The van der Waals surface area contributed by atoms with Crippen molar-refractivity contribution in [3.63, 3.8) is 0 Å². The second-order valence-electron chi connectivity index (χ2n) is 3.16. The predicted molar refractivity (Wildman–Crippen MR) is 62.9 cm³/mol. The number of rotatable bonds is 5. The third-order valence-electron chi connectivity index (χ3n) is 1.93. The van der Waals surface area contributed by atoms with Crippen LogP contribution in [-0.2, 0) is 9.53 Å². The molecule has 0 amide bonds. The van der Waals surface area contributed by atoms with Crippen LogP contribution in [0.15, 0.2) is 18.2 Å². The molecule has 4 nitrogen and oxygen atoms in total. The summed E-state index contributed by atoms with van der Waals surface area (Å²) in [5.41, 5.74) is 0.466. The molecule has 0 atom stereocenters. The molecule has 0 radical (unpaired) electrons. The number of benzene rings is 1. The smallest absolute Gasteiger partial charge is 0.309 e. The molecule has 0 saturated carbocycles. The SMILES string of the molecule is CCOC(=O)CCOc1ccc(C#N)cc1Cl. The van der Waals surface area contributed by atoms with Gasteiger partial charge >= 0.3 is 5.97 Å². The third kappa shape index (κ3) is 4.33. The maximum atomic E-state index is 11.0. The first-order chi connectivity index (χ1) is 8.17. The van der Waals surface area contributed by atoms with E-state index in [4.69, 9.17) is 26.3 Å². The summed E-state index contributed by atoms with van der Waals surface area (Å²) in [6, 6.07) is 6.69. The van der Waals surface area contributed by atoms with E-state index in [1.165, 1.54) is 6.07 Å². The summed E-state index contributed by atoms with van der Waals surface area (Å²) >= 11 is 5.89. The van der Waals surface area contributed by atoms with E-state index in [0.29, 0.717) is 22.9 Å². The summed E-state index contributed by atoms with van der Waals surface area (Å²) in [7, 11) is 0. The zero-order valence-electron chi connectivity index (χ0n) is 9.40. The van der Waals surface area contributed by atoms with Crippen molar-refractivity contribution in [2.24, 2.45) is 0 Å². The monoisotopic (exact) mass is 253 g/mol. The van der Waals surface area contributed by atoms with Crippen LogP contribution in [0.25, 0.3) is 0 Å². The molecule has 0 N–H and O–H groups in total. The lowest BCUT2D eigenvalue weighted by molar-refractivity contribution is -0.143. The summed E-state index contributed by atoms with van der Waals surface area (Å²) in [5.74, 6) is 0.146. The molecule has 0 unspecified atom stereocenters. The number of nitriles is 1. The van der Waals surface area contributed by atoms with E-state index in [1.807, 2.05) is 6.07 Å². The molecule has 0 aliphatic heterocycles. The zero-order valence-corrected chi connectivity index (χ0v) is 10.2. The van der Waals surface area contributed by atoms with Crippen LogP contribution >= 0.6 is 11.6 Å². The number of nitrogens with zero attached hydrogens (tertiary/aromatic N) is 1. The first kappa shape index (κ1) is 13.3. The minimum absolute atomic E-state index is 0.171. The molecule has 1 aromatic rings. The number of halogens is 1. The first-order valence-corrected chi connectivity index (χ1v) is 5.53.